The summed E-state index contributed by atoms with van der Waals surface area (Å²) in [6.45, 7) is 8.45. The van der Waals surface area contributed by atoms with Gasteiger partial charge in [0.15, 0.2) is 0 Å². The van der Waals surface area contributed by atoms with Crippen molar-refractivity contribution < 1.29 is 13.2 Å². The summed E-state index contributed by atoms with van der Waals surface area (Å²) in [4.78, 5) is 7.18. The van der Waals surface area contributed by atoms with Gasteiger partial charge in [-0.1, -0.05) is 12.6 Å². The molecular weight excluding hydrogens is 363 g/mol. The van der Waals surface area contributed by atoms with Crippen molar-refractivity contribution in [3.63, 3.8) is 0 Å². The number of rotatable bonds is 4. The van der Waals surface area contributed by atoms with Gasteiger partial charge in [-0.05, 0) is 79.7 Å². The van der Waals surface area contributed by atoms with Crippen LogP contribution in [-0.4, -0.2) is 9.97 Å². The van der Waals surface area contributed by atoms with Crippen LogP contribution in [0.1, 0.15) is 47.7 Å². The van der Waals surface area contributed by atoms with Crippen LogP contribution in [0, 0.1) is 31.6 Å². The third-order valence-corrected chi connectivity index (χ3v) is 6.44. The van der Waals surface area contributed by atoms with E-state index in [2.05, 4.69) is 47.8 Å². The number of nitrogens with zero attached hydrogens (tertiary/aromatic N) is 2. The van der Waals surface area contributed by atoms with E-state index in [1.54, 1.807) is 0 Å². The molecule has 0 radical (unpaired) electrons. The van der Waals surface area contributed by atoms with E-state index < -0.39 is 12.0 Å². The van der Waals surface area contributed by atoms with E-state index in [1.807, 2.05) is 6.07 Å². The molecule has 1 aromatic heterocycles. The number of benzene rings is 1. The van der Waals surface area contributed by atoms with Gasteiger partial charge in [0, 0.05) is 29.7 Å². The lowest BCUT2D eigenvalue weighted by Crippen LogP contribution is -2.26. The van der Waals surface area contributed by atoms with Crippen LogP contribution in [0.4, 0.5) is 18.9 Å². The van der Waals surface area contributed by atoms with E-state index in [1.165, 1.54) is 23.5 Å². The summed E-state index contributed by atoms with van der Waals surface area (Å²) in [6, 6.07) is 6.22. The average Bonchev–Trinajstić information content (AvgIpc) is 3.25. The van der Waals surface area contributed by atoms with Crippen molar-refractivity contribution in [1.29, 1.82) is 0 Å². The molecule has 4 rings (SSSR count). The van der Waals surface area contributed by atoms with Crippen molar-refractivity contribution in [3.8, 4) is 0 Å². The lowest BCUT2D eigenvalue weighted by atomic mass is 9.75. The predicted molar refractivity (Wildman–Crippen MR) is 103 cm³/mol. The molecule has 2 saturated carbocycles. The minimum Gasteiger partial charge on any atom is -0.359 e. The Kier molecular flexibility index (Phi) is 4.68. The van der Waals surface area contributed by atoms with Gasteiger partial charge in [-0.15, -0.1) is 0 Å². The van der Waals surface area contributed by atoms with Crippen molar-refractivity contribution in [2.75, 3.05) is 5.32 Å². The number of anilines is 1. The van der Waals surface area contributed by atoms with Crippen LogP contribution in [-0.2, 0) is 6.18 Å². The van der Waals surface area contributed by atoms with E-state index in [4.69, 9.17) is 0 Å². The van der Waals surface area contributed by atoms with Crippen LogP contribution in [0.3, 0.4) is 0 Å². The Balaban J connectivity index is 1.58. The maximum Gasteiger partial charge on any atom is 0.451 e. The van der Waals surface area contributed by atoms with Gasteiger partial charge in [-0.2, -0.15) is 13.2 Å². The Morgan fingerprint density at radius 3 is 2.39 bits per heavy atom. The standard InChI is InChI=1S/C22H24F3N3/c1-12-4-7-18(8-13(12)2)28-14(3)19-15-5-6-16(9-15)20(19)17-10-26-21(27-11-17)22(23,24)25/h4,7-8,10-11,15-16,19-20,28H,3,5-6,9H2,1-2H3. The van der Waals surface area contributed by atoms with Gasteiger partial charge in [0.2, 0.25) is 5.82 Å². The second-order valence-electron chi connectivity index (χ2n) is 8.17. The molecule has 2 fully saturated rings. The highest BCUT2D eigenvalue weighted by Crippen LogP contribution is 2.58. The van der Waals surface area contributed by atoms with E-state index in [0.29, 0.717) is 11.8 Å². The maximum atomic E-state index is 12.8. The first-order valence-electron chi connectivity index (χ1n) is 9.66. The highest BCUT2D eigenvalue weighted by molar-refractivity contribution is 5.52. The number of aromatic nitrogens is 2. The number of alkyl halides is 3. The van der Waals surface area contributed by atoms with Gasteiger partial charge in [0.1, 0.15) is 0 Å². The normalized spacial score (nSPS) is 26.5. The second-order valence-corrected chi connectivity index (χ2v) is 8.17. The zero-order valence-corrected chi connectivity index (χ0v) is 16.1. The Bertz CT molecular complexity index is 889. The number of hydrogen-bond donors (Lipinski definition) is 1. The SMILES string of the molecule is C=C(Nc1ccc(C)c(C)c1)C1C2CCC(C2)C1c1cnc(C(F)(F)F)nc1. The smallest absolute Gasteiger partial charge is 0.359 e. The molecule has 0 saturated heterocycles. The highest BCUT2D eigenvalue weighted by atomic mass is 19.4. The van der Waals surface area contributed by atoms with Crippen molar-refractivity contribution in [1.82, 2.24) is 9.97 Å². The fraction of sp³-hybridized carbons (Fsp3) is 0.455. The zero-order chi connectivity index (χ0) is 20.1. The molecule has 0 amide bonds. The topological polar surface area (TPSA) is 37.8 Å². The summed E-state index contributed by atoms with van der Waals surface area (Å²) in [5, 5.41) is 3.46. The maximum absolute atomic E-state index is 12.8. The summed E-state index contributed by atoms with van der Waals surface area (Å²) in [5.74, 6) is 0.175. The minimum atomic E-state index is -4.51. The van der Waals surface area contributed by atoms with Crippen LogP contribution in [0.25, 0.3) is 0 Å². The molecule has 4 atom stereocenters. The van der Waals surface area contributed by atoms with Crippen molar-refractivity contribution in [3.05, 3.63) is 65.4 Å². The lowest BCUT2D eigenvalue weighted by molar-refractivity contribution is -0.145. The molecule has 148 valence electrons. The highest BCUT2D eigenvalue weighted by Gasteiger charge is 2.49. The van der Waals surface area contributed by atoms with E-state index >= 15 is 0 Å². The Labute approximate surface area is 163 Å². The summed E-state index contributed by atoms with van der Waals surface area (Å²) in [6.07, 6.45) is 1.53. The Morgan fingerprint density at radius 2 is 1.75 bits per heavy atom. The molecule has 0 aliphatic heterocycles. The summed E-state index contributed by atoms with van der Waals surface area (Å²) < 4.78 is 38.4. The summed E-state index contributed by atoms with van der Waals surface area (Å²) in [7, 11) is 0. The number of allylic oxidation sites excluding steroid dienone is 1. The van der Waals surface area contributed by atoms with Gasteiger partial charge in [0.05, 0.1) is 0 Å². The monoisotopic (exact) mass is 387 g/mol. The molecule has 1 heterocycles. The van der Waals surface area contributed by atoms with Crippen molar-refractivity contribution >= 4 is 5.69 Å². The van der Waals surface area contributed by atoms with Crippen LogP contribution in [0.5, 0.6) is 0 Å². The average molecular weight is 387 g/mol. The van der Waals surface area contributed by atoms with Crippen LogP contribution >= 0.6 is 0 Å². The summed E-state index contributed by atoms with van der Waals surface area (Å²) >= 11 is 0. The van der Waals surface area contributed by atoms with E-state index in [0.717, 1.165) is 36.2 Å². The molecule has 2 aliphatic carbocycles. The van der Waals surface area contributed by atoms with Gasteiger partial charge < -0.3 is 5.32 Å². The second kappa shape index (κ2) is 6.90. The van der Waals surface area contributed by atoms with Crippen molar-refractivity contribution in [2.24, 2.45) is 17.8 Å². The number of nitrogens with one attached hydrogen (secondary N) is 1. The van der Waals surface area contributed by atoms with Gasteiger partial charge in [0.25, 0.3) is 0 Å². The number of hydrogen-bond acceptors (Lipinski definition) is 3. The molecular formula is C22H24F3N3. The lowest BCUT2D eigenvalue weighted by Gasteiger charge is -2.33. The quantitative estimate of drug-likeness (QED) is 0.713. The largest absolute Gasteiger partial charge is 0.451 e. The van der Waals surface area contributed by atoms with Crippen LogP contribution in [0.15, 0.2) is 42.9 Å². The molecule has 1 aromatic carbocycles. The molecule has 0 spiro atoms. The molecule has 3 nitrogen and oxygen atoms in total. The molecule has 4 unspecified atom stereocenters. The fourth-order valence-corrected chi connectivity index (χ4v) is 5.02. The van der Waals surface area contributed by atoms with Gasteiger partial charge >= 0.3 is 6.18 Å². The molecule has 1 N–H and O–H groups in total. The first kappa shape index (κ1) is 19.0. The van der Waals surface area contributed by atoms with E-state index in [-0.39, 0.29) is 11.8 Å². The van der Waals surface area contributed by atoms with Gasteiger partial charge in [-0.3, -0.25) is 0 Å². The number of fused-ring (bicyclic) bond motifs is 2. The minimum absolute atomic E-state index is 0.118. The first-order valence-corrected chi connectivity index (χ1v) is 9.66. The first-order chi connectivity index (χ1) is 13.2. The van der Waals surface area contributed by atoms with Crippen LogP contribution < -0.4 is 5.32 Å². The molecule has 6 heteroatoms. The Hall–Kier alpha value is -2.37. The number of aryl methyl sites for hydroxylation is 2. The van der Waals surface area contributed by atoms with Crippen molar-refractivity contribution in [2.45, 2.75) is 45.2 Å². The molecule has 2 aromatic rings. The number of halogens is 3. The fourth-order valence-electron chi connectivity index (χ4n) is 5.02. The Morgan fingerprint density at radius 1 is 1.07 bits per heavy atom. The molecule has 28 heavy (non-hydrogen) atoms. The van der Waals surface area contributed by atoms with E-state index in [9.17, 15) is 13.2 Å². The third kappa shape index (κ3) is 3.40. The third-order valence-electron chi connectivity index (χ3n) is 6.44. The van der Waals surface area contributed by atoms with Crippen LogP contribution in [0.2, 0.25) is 0 Å². The zero-order valence-electron chi connectivity index (χ0n) is 16.1. The summed E-state index contributed by atoms with van der Waals surface area (Å²) in [5.41, 5.74) is 5.15. The van der Waals surface area contributed by atoms with Gasteiger partial charge in [-0.25, -0.2) is 9.97 Å². The molecule has 2 bridgehead atoms. The predicted octanol–water partition coefficient (Wildman–Crippen LogP) is 5.87. The molecule has 2 aliphatic rings.